The van der Waals surface area contributed by atoms with Crippen molar-refractivity contribution in [3.8, 4) is 11.1 Å². The van der Waals surface area contributed by atoms with Gasteiger partial charge in [-0.2, -0.15) is 4.37 Å². The molecular formula is C23H20ClN3O3S. The van der Waals surface area contributed by atoms with E-state index in [-0.39, 0.29) is 17.2 Å². The van der Waals surface area contributed by atoms with Crippen molar-refractivity contribution < 1.29 is 14.6 Å². The van der Waals surface area contributed by atoms with Crippen LogP contribution in [0, 0.1) is 6.92 Å². The van der Waals surface area contributed by atoms with Crippen LogP contribution >= 0.6 is 23.1 Å². The highest BCUT2D eigenvalue weighted by atomic mass is 35.5. The molecule has 2 aliphatic heterocycles. The van der Waals surface area contributed by atoms with Crippen LogP contribution in [0.25, 0.3) is 22.5 Å². The van der Waals surface area contributed by atoms with Crippen LogP contribution in [0.1, 0.15) is 16.1 Å². The monoisotopic (exact) mass is 453 g/mol. The van der Waals surface area contributed by atoms with Crippen molar-refractivity contribution in [3.05, 3.63) is 63.6 Å². The van der Waals surface area contributed by atoms with E-state index < -0.39 is 0 Å². The summed E-state index contributed by atoms with van der Waals surface area (Å²) in [6.07, 6.45) is 0. The molecule has 158 valence electrons. The van der Waals surface area contributed by atoms with Crippen LogP contribution in [0.4, 0.5) is 11.4 Å². The van der Waals surface area contributed by atoms with E-state index in [2.05, 4.69) is 26.7 Å². The van der Waals surface area contributed by atoms with Gasteiger partial charge in [0, 0.05) is 29.9 Å². The van der Waals surface area contributed by atoms with E-state index in [1.807, 2.05) is 25.1 Å². The molecule has 6 nitrogen and oxygen atoms in total. The molecule has 0 radical (unpaired) electrons. The van der Waals surface area contributed by atoms with Gasteiger partial charge in [0.2, 0.25) is 0 Å². The van der Waals surface area contributed by atoms with Gasteiger partial charge < -0.3 is 20.1 Å². The fourth-order valence-corrected chi connectivity index (χ4v) is 4.90. The number of aromatic nitrogens is 1. The van der Waals surface area contributed by atoms with Gasteiger partial charge in [-0.1, -0.05) is 23.7 Å². The van der Waals surface area contributed by atoms with Gasteiger partial charge in [-0.3, -0.25) is 4.79 Å². The number of halogens is 1. The summed E-state index contributed by atoms with van der Waals surface area (Å²) in [6, 6.07) is 13.6. The molecule has 2 aromatic carbocycles. The molecule has 3 aromatic rings. The lowest BCUT2D eigenvalue weighted by Gasteiger charge is -2.29. The Hall–Kier alpha value is -2.87. The normalized spacial score (nSPS) is 17.5. The lowest BCUT2D eigenvalue weighted by atomic mass is 9.98. The molecule has 0 aliphatic carbocycles. The molecule has 5 rings (SSSR count). The van der Waals surface area contributed by atoms with Crippen molar-refractivity contribution >= 4 is 51.7 Å². The minimum Gasteiger partial charge on any atom is -0.506 e. The number of fused-ring (bicyclic) bond motifs is 1. The number of hydrogen-bond donors (Lipinski definition) is 2. The average Bonchev–Trinajstić information content (AvgIpc) is 3.35. The summed E-state index contributed by atoms with van der Waals surface area (Å²) in [5, 5.41) is 14.1. The summed E-state index contributed by atoms with van der Waals surface area (Å²) in [7, 11) is 0. The first-order valence-corrected chi connectivity index (χ1v) is 11.1. The molecule has 2 N–H and O–H groups in total. The first kappa shape index (κ1) is 20.1. The van der Waals surface area contributed by atoms with Crippen molar-refractivity contribution in [2.45, 2.75) is 6.92 Å². The SMILES string of the molecule is Cc1cc(/C(O)=C2\C(=O)Nc3cc(Cl)c(-c4ccc(N5CCOCC5)cc4)cc32)sn1. The number of amides is 1. The largest absolute Gasteiger partial charge is 0.506 e. The van der Waals surface area contributed by atoms with Crippen LogP contribution in [-0.2, 0) is 9.53 Å². The van der Waals surface area contributed by atoms with Gasteiger partial charge in [0.25, 0.3) is 5.91 Å². The maximum Gasteiger partial charge on any atom is 0.260 e. The highest BCUT2D eigenvalue weighted by Gasteiger charge is 2.30. The maximum atomic E-state index is 12.6. The van der Waals surface area contributed by atoms with Crippen molar-refractivity contribution in [2.24, 2.45) is 0 Å². The molecule has 0 bridgehead atoms. The number of benzene rings is 2. The molecule has 1 amide bonds. The number of rotatable bonds is 3. The zero-order valence-electron chi connectivity index (χ0n) is 16.8. The van der Waals surface area contributed by atoms with Gasteiger partial charge >= 0.3 is 0 Å². The summed E-state index contributed by atoms with van der Waals surface area (Å²) in [5.41, 5.74) is 5.13. The number of morpholine rings is 1. The van der Waals surface area contributed by atoms with Crippen molar-refractivity contribution in [2.75, 3.05) is 36.5 Å². The lowest BCUT2D eigenvalue weighted by molar-refractivity contribution is -0.110. The van der Waals surface area contributed by atoms with Gasteiger partial charge in [-0.15, -0.1) is 0 Å². The minimum absolute atomic E-state index is 0.0715. The summed E-state index contributed by atoms with van der Waals surface area (Å²) in [6.45, 7) is 5.06. The zero-order chi connectivity index (χ0) is 21.5. The minimum atomic E-state index is -0.352. The highest BCUT2D eigenvalue weighted by molar-refractivity contribution is 7.07. The molecule has 3 heterocycles. The molecule has 2 aliphatic rings. The number of aliphatic hydroxyl groups excluding tert-OH is 1. The first-order chi connectivity index (χ1) is 15.0. The molecule has 1 aromatic heterocycles. The Morgan fingerprint density at radius 2 is 1.90 bits per heavy atom. The quantitative estimate of drug-likeness (QED) is 0.432. The van der Waals surface area contributed by atoms with Crippen LogP contribution in [0.2, 0.25) is 5.02 Å². The number of aryl methyl sites for hydroxylation is 1. The Kier molecular flexibility index (Phi) is 5.17. The number of ether oxygens (including phenoxy) is 1. The van der Waals surface area contributed by atoms with Gasteiger partial charge in [-0.05, 0) is 54.4 Å². The summed E-state index contributed by atoms with van der Waals surface area (Å²) in [4.78, 5) is 15.5. The molecule has 31 heavy (non-hydrogen) atoms. The Morgan fingerprint density at radius 3 is 2.58 bits per heavy atom. The van der Waals surface area contributed by atoms with E-state index in [1.165, 1.54) is 0 Å². The van der Waals surface area contributed by atoms with Gasteiger partial charge in [0.1, 0.15) is 5.76 Å². The molecule has 1 saturated heterocycles. The number of anilines is 2. The van der Waals surface area contributed by atoms with Crippen LogP contribution in [0.15, 0.2) is 42.5 Å². The second-order valence-corrected chi connectivity index (χ2v) is 8.75. The third-order valence-electron chi connectivity index (χ3n) is 5.50. The van der Waals surface area contributed by atoms with Gasteiger partial charge in [-0.25, -0.2) is 0 Å². The van der Waals surface area contributed by atoms with Crippen molar-refractivity contribution in [3.63, 3.8) is 0 Å². The van der Waals surface area contributed by atoms with Crippen molar-refractivity contribution in [1.29, 1.82) is 0 Å². The number of nitrogens with one attached hydrogen (secondary N) is 1. The predicted molar refractivity (Wildman–Crippen MR) is 125 cm³/mol. The van der Waals surface area contributed by atoms with E-state index in [0.717, 1.165) is 60.3 Å². The van der Waals surface area contributed by atoms with Gasteiger partial charge in [0.05, 0.1) is 40.1 Å². The second kappa shape index (κ2) is 8.00. The smallest absolute Gasteiger partial charge is 0.260 e. The molecule has 0 unspecified atom stereocenters. The number of nitrogens with zero attached hydrogens (tertiary/aromatic N) is 2. The van der Waals surface area contributed by atoms with E-state index in [4.69, 9.17) is 16.3 Å². The highest BCUT2D eigenvalue weighted by Crippen LogP contribution is 2.42. The Labute approximate surface area is 188 Å². The molecule has 8 heteroatoms. The van der Waals surface area contributed by atoms with Gasteiger partial charge in [0.15, 0.2) is 0 Å². The fraction of sp³-hybridized carbons (Fsp3) is 0.217. The molecular weight excluding hydrogens is 434 g/mol. The number of carbonyl (C=O) groups is 1. The van der Waals surface area contributed by atoms with Crippen LogP contribution in [0.5, 0.6) is 0 Å². The first-order valence-electron chi connectivity index (χ1n) is 9.96. The molecule has 0 spiro atoms. The fourth-order valence-electron chi connectivity index (χ4n) is 3.92. The summed E-state index contributed by atoms with van der Waals surface area (Å²) >= 11 is 7.72. The van der Waals surface area contributed by atoms with Crippen molar-refractivity contribution in [1.82, 2.24) is 4.37 Å². The van der Waals surface area contributed by atoms with Crippen LogP contribution in [0.3, 0.4) is 0 Å². The maximum absolute atomic E-state index is 12.6. The number of aliphatic hydroxyl groups is 1. The third kappa shape index (κ3) is 3.69. The topological polar surface area (TPSA) is 74.7 Å². The van der Waals surface area contributed by atoms with E-state index in [1.54, 1.807) is 12.1 Å². The average molecular weight is 454 g/mol. The van der Waals surface area contributed by atoms with E-state index in [9.17, 15) is 9.90 Å². The Morgan fingerprint density at radius 1 is 1.16 bits per heavy atom. The van der Waals surface area contributed by atoms with E-state index in [0.29, 0.717) is 21.2 Å². The van der Waals surface area contributed by atoms with E-state index >= 15 is 0 Å². The predicted octanol–water partition coefficient (Wildman–Crippen LogP) is 4.99. The number of hydrogen-bond acceptors (Lipinski definition) is 6. The summed E-state index contributed by atoms with van der Waals surface area (Å²) < 4.78 is 9.62. The standard InChI is InChI=1S/C23H20ClN3O3S/c1-13-10-20(31-26-13)22(28)21-17-11-16(18(24)12-19(17)25-23(21)29)14-2-4-15(5-3-14)27-6-8-30-9-7-27/h2-5,10-12,28H,6-9H2,1H3,(H,25,29)/b22-21+. The summed E-state index contributed by atoms with van der Waals surface area (Å²) in [5.74, 6) is -0.424. The number of carbonyl (C=O) groups excluding carboxylic acids is 1. The third-order valence-corrected chi connectivity index (χ3v) is 6.70. The molecule has 0 atom stereocenters. The Bertz CT molecular complexity index is 1200. The lowest BCUT2D eigenvalue weighted by Crippen LogP contribution is -2.36. The second-order valence-electron chi connectivity index (χ2n) is 7.53. The van der Waals surface area contributed by atoms with Crippen LogP contribution < -0.4 is 10.2 Å². The molecule has 0 saturated carbocycles. The van der Waals surface area contributed by atoms with Crippen LogP contribution in [-0.4, -0.2) is 41.7 Å². The molecule has 1 fully saturated rings. The zero-order valence-corrected chi connectivity index (χ0v) is 18.4. The Balaban J connectivity index is 1.54.